The van der Waals surface area contributed by atoms with Gasteiger partial charge in [0.25, 0.3) is 0 Å². The summed E-state index contributed by atoms with van der Waals surface area (Å²) in [5, 5.41) is 4.96. The van der Waals surface area contributed by atoms with Gasteiger partial charge in [0.2, 0.25) is 0 Å². The van der Waals surface area contributed by atoms with Crippen LogP contribution in [0.5, 0.6) is 0 Å². The number of rotatable bonds is 52. The number of thioether (sulfide) groups is 2. The van der Waals surface area contributed by atoms with Crippen LogP contribution in [0.2, 0.25) is 0 Å². The topological polar surface area (TPSA) is 47.6 Å². The third kappa shape index (κ3) is 47.1. The zero-order valence-corrected chi connectivity index (χ0v) is 45.2. The van der Waals surface area contributed by atoms with Gasteiger partial charge in [-0.25, -0.2) is 9.65 Å². The molecule has 8 heteroatoms. The molecule has 0 radical (unpaired) electrons. The molecule has 0 aromatic heterocycles. The third-order valence-corrected chi connectivity index (χ3v) is 17.0. The molecule has 368 valence electrons. The average molecular weight is 921 g/mol. The monoisotopic (exact) mass is 920 g/mol. The molecule has 0 amide bonds. The van der Waals surface area contributed by atoms with Crippen LogP contribution < -0.4 is 5.09 Å². The van der Waals surface area contributed by atoms with Gasteiger partial charge in [0.05, 0.1) is 47.4 Å². The van der Waals surface area contributed by atoms with Crippen LogP contribution in [0.25, 0.3) is 0 Å². The first-order chi connectivity index (χ1) is 29.7. The maximum absolute atomic E-state index is 13.7. The van der Waals surface area contributed by atoms with Gasteiger partial charge in [-0.05, 0) is 62.9 Å². The Morgan fingerprint density at radius 3 is 1.00 bits per heavy atom. The summed E-state index contributed by atoms with van der Waals surface area (Å²) in [5.74, 6) is 2.73. The molecule has 2 atom stereocenters. The molecule has 0 fully saturated rings. The van der Waals surface area contributed by atoms with E-state index in [0.717, 1.165) is 47.2 Å². The highest BCUT2D eigenvalue weighted by atomic mass is 32.2. The maximum atomic E-state index is 13.7. The second kappa shape index (κ2) is 47.3. The normalized spacial score (nSPS) is 14.1. The molecule has 0 aliphatic rings. The van der Waals surface area contributed by atoms with Crippen molar-refractivity contribution in [3.05, 3.63) is 0 Å². The minimum absolute atomic E-state index is 0.515. The molecule has 61 heavy (non-hydrogen) atoms. The lowest BCUT2D eigenvalue weighted by Gasteiger charge is -2.25. The largest absolute Gasteiger partial charge is 0.405 e. The number of hydrogen-bond donors (Lipinski definition) is 1. The second-order valence-electron chi connectivity index (χ2n) is 19.8. The number of unbranched alkanes of at least 4 members (excludes halogenated alkanes) is 28. The molecule has 0 saturated carbocycles. The third-order valence-electron chi connectivity index (χ3n) is 12.4. The van der Waals surface area contributed by atoms with E-state index < -0.39 is 7.75 Å². The number of quaternary nitrogens is 1. The lowest BCUT2D eigenvalue weighted by Crippen LogP contribution is -2.40. The molecule has 0 saturated heterocycles. The van der Waals surface area contributed by atoms with Gasteiger partial charge in [0, 0.05) is 10.5 Å². The Hall–Kier alpha value is 0.770. The van der Waals surface area contributed by atoms with Gasteiger partial charge in [-0.15, -0.1) is 0 Å². The van der Waals surface area contributed by atoms with E-state index in [2.05, 4.69) is 77.4 Å². The summed E-state index contributed by atoms with van der Waals surface area (Å²) in [5.41, 5.74) is 0. The van der Waals surface area contributed by atoms with Crippen molar-refractivity contribution in [2.75, 3.05) is 59.0 Å². The number of hydrogen-bond acceptors (Lipinski definition) is 5. The van der Waals surface area contributed by atoms with Crippen molar-refractivity contribution in [1.29, 1.82) is 0 Å². The fraction of sp³-hybridized carbons (Fsp3) is 1.00. The van der Waals surface area contributed by atoms with E-state index in [1.54, 1.807) is 0 Å². The number of nitrogens with zero attached hydrogens (tertiary/aromatic N) is 1. The fourth-order valence-corrected chi connectivity index (χ4v) is 12.3. The molecule has 0 rings (SSSR count). The van der Waals surface area contributed by atoms with E-state index in [1.807, 2.05) is 0 Å². The molecule has 0 aliphatic heterocycles. The van der Waals surface area contributed by atoms with Crippen LogP contribution in [0.15, 0.2) is 0 Å². The molecule has 0 spiro atoms. The standard InChI is InChI=1S/C53H112N2O3PS2/c1-8-12-16-20-28-34-42-52(60-50-40-18-14-10-3)44-36-30-24-22-26-32-38-48-57-59(56,54-46-47-55(5,6)7)58-49-39-33-27-23-25-31-37-45-53(61-51-41-19-15-11-4)43-35-29-21-17-13-9-2/h52-53H,8-51H2,1-7H3,(H,54,56)/q+1. The van der Waals surface area contributed by atoms with E-state index in [4.69, 9.17) is 9.05 Å². The molecule has 0 aromatic rings. The summed E-state index contributed by atoms with van der Waals surface area (Å²) in [7, 11) is 3.21. The Labute approximate surface area is 393 Å². The smallest absolute Gasteiger partial charge is 0.330 e. The van der Waals surface area contributed by atoms with Crippen LogP contribution in [0, 0.1) is 0 Å². The van der Waals surface area contributed by atoms with Crippen molar-refractivity contribution in [2.24, 2.45) is 0 Å². The van der Waals surface area contributed by atoms with E-state index in [-0.39, 0.29) is 0 Å². The first kappa shape index (κ1) is 61.8. The quantitative estimate of drug-likeness (QED) is 0.0373. The predicted molar refractivity (Wildman–Crippen MR) is 281 cm³/mol. The lowest BCUT2D eigenvalue weighted by atomic mass is 10.0. The van der Waals surface area contributed by atoms with Gasteiger partial charge < -0.3 is 4.48 Å². The molecule has 0 aromatic carbocycles. The van der Waals surface area contributed by atoms with Crippen molar-refractivity contribution >= 4 is 31.3 Å². The van der Waals surface area contributed by atoms with Crippen molar-refractivity contribution < 1.29 is 18.1 Å². The first-order valence-corrected chi connectivity index (χ1v) is 31.0. The highest BCUT2D eigenvalue weighted by Gasteiger charge is 2.25. The SMILES string of the molecule is CCCCCCCCC(CCCCCCCCCOP(=O)(NCC[N+](C)(C)C)OCCCCCCCCCC(CCCCCCCC)SCCCCCC)SCCCCCC. The molecule has 0 aliphatic carbocycles. The van der Waals surface area contributed by atoms with Crippen LogP contribution >= 0.6 is 31.3 Å². The van der Waals surface area contributed by atoms with Crippen molar-refractivity contribution in [3.63, 3.8) is 0 Å². The Bertz CT molecular complexity index is 849. The van der Waals surface area contributed by atoms with E-state index in [9.17, 15) is 4.57 Å². The molecular weight excluding hydrogens is 808 g/mol. The molecule has 2 unspecified atom stereocenters. The van der Waals surface area contributed by atoms with Gasteiger partial charge in [-0.2, -0.15) is 23.5 Å². The van der Waals surface area contributed by atoms with Crippen molar-refractivity contribution in [3.8, 4) is 0 Å². The zero-order valence-electron chi connectivity index (χ0n) is 42.7. The zero-order chi connectivity index (χ0) is 44.8. The second-order valence-corrected chi connectivity index (χ2v) is 24.5. The maximum Gasteiger partial charge on any atom is 0.405 e. The summed E-state index contributed by atoms with van der Waals surface area (Å²) in [4.78, 5) is 0. The summed E-state index contributed by atoms with van der Waals surface area (Å²) in [6, 6.07) is 0. The summed E-state index contributed by atoms with van der Waals surface area (Å²) >= 11 is 4.58. The highest BCUT2D eigenvalue weighted by Crippen LogP contribution is 2.44. The van der Waals surface area contributed by atoms with Gasteiger partial charge in [0.15, 0.2) is 0 Å². The summed E-state index contributed by atoms with van der Waals surface area (Å²) in [6.45, 7) is 11.8. The van der Waals surface area contributed by atoms with Crippen molar-refractivity contribution in [2.45, 2.75) is 282 Å². The van der Waals surface area contributed by atoms with Gasteiger partial charge >= 0.3 is 7.75 Å². The van der Waals surface area contributed by atoms with Gasteiger partial charge in [-0.1, -0.05) is 220 Å². The molecule has 5 nitrogen and oxygen atoms in total. The van der Waals surface area contributed by atoms with E-state index >= 15 is 0 Å². The Morgan fingerprint density at radius 1 is 0.410 bits per heavy atom. The number of nitrogens with one attached hydrogen (secondary N) is 1. The molecule has 1 N–H and O–H groups in total. The molecular formula is C53H112N2O3PS2+. The minimum atomic E-state index is -3.29. The highest BCUT2D eigenvalue weighted by molar-refractivity contribution is 8.00. The summed E-state index contributed by atoms with van der Waals surface area (Å²) in [6.07, 6.45) is 51.3. The Kier molecular flexibility index (Phi) is 47.9. The lowest BCUT2D eigenvalue weighted by molar-refractivity contribution is -0.869. The number of likely N-dealkylation sites (N-methyl/N-ethyl adjacent to an activating group) is 1. The van der Waals surface area contributed by atoms with Gasteiger partial charge in [-0.3, -0.25) is 9.05 Å². The van der Waals surface area contributed by atoms with Crippen LogP contribution in [-0.4, -0.2) is 73.9 Å². The van der Waals surface area contributed by atoms with E-state index in [1.165, 1.54) is 230 Å². The van der Waals surface area contributed by atoms with Gasteiger partial charge in [0.1, 0.15) is 0 Å². The molecule has 0 bridgehead atoms. The summed E-state index contributed by atoms with van der Waals surface area (Å²) < 4.78 is 26.6. The first-order valence-electron chi connectivity index (χ1n) is 27.4. The minimum Gasteiger partial charge on any atom is -0.330 e. The van der Waals surface area contributed by atoms with Crippen LogP contribution in [-0.2, 0) is 13.6 Å². The van der Waals surface area contributed by atoms with E-state index in [0.29, 0.717) is 19.8 Å². The fourth-order valence-electron chi connectivity index (χ4n) is 8.22. The van der Waals surface area contributed by atoms with Crippen LogP contribution in [0.3, 0.4) is 0 Å². The van der Waals surface area contributed by atoms with Crippen molar-refractivity contribution in [1.82, 2.24) is 5.09 Å². The van der Waals surface area contributed by atoms with Crippen LogP contribution in [0.4, 0.5) is 0 Å². The average Bonchev–Trinajstić information content (AvgIpc) is 3.23. The Balaban J connectivity index is 4.35. The molecule has 0 heterocycles. The predicted octanol–water partition coefficient (Wildman–Crippen LogP) is 18.5. The Morgan fingerprint density at radius 2 is 0.689 bits per heavy atom. The van der Waals surface area contributed by atoms with Crippen LogP contribution in [0.1, 0.15) is 272 Å².